The Labute approximate surface area is 125 Å². The van der Waals surface area contributed by atoms with E-state index in [4.69, 9.17) is 10.5 Å². The molecule has 0 aliphatic carbocycles. The van der Waals surface area contributed by atoms with Crippen molar-refractivity contribution in [1.82, 2.24) is 5.01 Å². The standard InChI is InChI=1S/C16H23N3O2/c1-16(2)11-14(12-5-7-13(17)8-6-12)18-19(15(16)20)9-4-10-21-3/h5-8H,4,9-11,17H2,1-3H3. The summed E-state index contributed by atoms with van der Waals surface area (Å²) in [5.41, 5.74) is 7.95. The third kappa shape index (κ3) is 3.61. The molecule has 0 fully saturated rings. The van der Waals surface area contributed by atoms with Gasteiger partial charge < -0.3 is 10.5 Å². The van der Waals surface area contributed by atoms with Crippen molar-refractivity contribution in [3.8, 4) is 0 Å². The molecule has 114 valence electrons. The lowest BCUT2D eigenvalue weighted by Crippen LogP contribution is -2.44. The van der Waals surface area contributed by atoms with Gasteiger partial charge in [0.1, 0.15) is 0 Å². The number of ether oxygens (including phenoxy) is 1. The highest BCUT2D eigenvalue weighted by Gasteiger charge is 2.37. The minimum absolute atomic E-state index is 0.0674. The monoisotopic (exact) mass is 289 g/mol. The molecular formula is C16H23N3O2. The second kappa shape index (κ2) is 6.26. The molecule has 0 aromatic heterocycles. The van der Waals surface area contributed by atoms with Crippen molar-refractivity contribution in [2.75, 3.05) is 26.0 Å². The number of hydrogen-bond donors (Lipinski definition) is 1. The Morgan fingerprint density at radius 3 is 2.62 bits per heavy atom. The van der Waals surface area contributed by atoms with Crippen LogP contribution in [-0.4, -0.2) is 36.9 Å². The van der Waals surface area contributed by atoms with Crippen molar-refractivity contribution < 1.29 is 9.53 Å². The van der Waals surface area contributed by atoms with Crippen LogP contribution in [-0.2, 0) is 9.53 Å². The zero-order valence-corrected chi connectivity index (χ0v) is 12.9. The van der Waals surface area contributed by atoms with E-state index in [1.807, 2.05) is 38.1 Å². The van der Waals surface area contributed by atoms with E-state index in [0.29, 0.717) is 19.6 Å². The van der Waals surface area contributed by atoms with E-state index in [1.54, 1.807) is 12.1 Å². The van der Waals surface area contributed by atoms with Crippen LogP contribution in [0, 0.1) is 5.41 Å². The first kappa shape index (κ1) is 15.5. The highest BCUT2D eigenvalue weighted by atomic mass is 16.5. The van der Waals surface area contributed by atoms with Gasteiger partial charge in [-0.3, -0.25) is 4.79 Å². The van der Waals surface area contributed by atoms with E-state index in [1.165, 1.54) is 0 Å². The summed E-state index contributed by atoms with van der Waals surface area (Å²) in [7, 11) is 1.66. The van der Waals surface area contributed by atoms with Gasteiger partial charge in [0.05, 0.1) is 11.1 Å². The van der Waals surface area contributed by atoms with Crippen molar-refractivity contribution in [2.24, 2.45) is 10.5 Å². The lowest BCUT2D eigenvalue weighted by Gasteiger charge is -2.34. The molecule has 5 nitrogen and oxygen atoms in total. The minimum Gasteiger partial charge on any atom is -0.399 e. The number of nitrogens with two attached hydrogens (primary N) is 1. The number of amides is 1. The molecule has 0 saturated carbocycles. The Morgan fingerprint density at radius 2 is 2.00 bits per heavy atom. The van der Waals surface area contributed by atoms with Gasteiger partial charge >= 0.3 is 0 Å². The van der Waals surface area contributed by atoms with Crippen LogP contribution in [0.1, 0.15) is 32.3 Å². The fourth-order valence-electron chi connectivity index (χ4n) is 2.42. The summed E-state index contributed by atoms with van der Waals surface area (Å²) in [5.74, 6) is 0.0674. The Morgan fingerprint density at radius 1 is 1.33 bits per heavy atom. The minimum atomic E-state index is -0.439. The number of hydrogen-bond acceptors (Lipinski definition) is 4. The summed E-state index contributed by atoms with van der Waals surface area (Å²) >= 11 is 0. The number of anilines is 1. The number of benzene rings is 1. The predicted octanol–water partition coefficient (Wildman–Crippen LogP) is 2.27. The zero-order chi connectivity index (χ0) is 15.5. The molecule has 5 heteroatoms. The van der Waals surface area contributed by atoms with Crippen LogP contribution in [0.4, 0.5) is 5.69 Å². The van der Waals surface area contributed by atoms with Crippen molar-refractivity contribution in [2.45, 2.75) is 26.7 Å². The van der Waals surface area contributed by atoms with Crippen LogP contribution in [0.5, 0.6) is 0 Å². The quantitative estimate of drug-likeness (QED) is 0.668. The van der Waals surface area contributed by atoms with Crippen molar-refractivity contribution in [3.05, 3.63) is 29.8 Å². The second-order valence-electron chi connectivity index (χ2n) is 6.00. The Kier molecular flexibility index (Phi) is 4.63. The summed E-state index contributed by atoms with van der Waals surface area (Å²) in [6.07, 6.45) is 1.41. The predicted molar refractivity (Wildman–Crippen MR) is 84.0 cm³/mol. The Bertz CT molecular complexity index is 535. The molecule has 1 aliphatic rings. The maximum atomic E-state index is 12.4. The van der Waals surface area contributed by atoms with E-state index in [-0.39, 0.29) is 5.91 Å². The maximum Gasteiger partial charge on any atom is 0.248 e. The summed E-state index contributed by atoms with van der Waals surface area (Å²) < 4.78 is 5.04. The molecular weight excluding hydrogens is 266 g/mol. The van der Waals surface area contributed by atoms with Crippen molar-refractivity contribution in [3.63, 3.8) is 0 Å². The van der Waals surface area contributed by atoms with Gasteiger partial charge in [0.2, 0.25) is 5.91 Å². The molecule has 21 heavy (non-hydrogen) atoms. The number of carbonyl (C=O) groups excluding carboxylic acids is 1. The Balaban J connectivity index is 2.24. The normalized spacial score (nSPS) is 17.8. The van der Waals surface area contributed by atoms with E-state index in [0.717, 1.165) is 23.4 Å². The molecule has 1 aliphatic heterocycles. The summed E-state index contributed by atoms with van der Waals surface area (Å²) in [4.78, 5) is 12.4. The van der Waals surface area contributed by atoms with Crippen LogP contribution in [0.2, 0.25) is 0 Å². The van der Waals surface area contributed by atoms with E-state index < -0.39 is 5.41 Å². The molecule has 0 atom stereocenters. The summed E-state index contributed by atoms with van der Waals surface area (Å²) in [6, 6.07) is 7.62. The number of hydrazone groups is 1. The topological polar surface area (TPSA) is 67.9 Å². The largest absolute Gasteiger partial charge is 0.399 e. The number of carbonyl (C=O) groups is 1. The van der Waals surface area contributed by atoms with Crippen LogP contribution >= 0.6 is 0 Å². The molecule has 0 unspecified atom stereocenters. The number of methoxy groups -OCH3 is 1. The van der Waals surface area contributed by atoms with Gasteiger partial charge in [0, 0.05) is 32.4 Å². The highest BCUT2D eigenvalue weighted by Crippen LogP contribution is 2.31. The van der Waals surface area contributed by atoms with Gasteiger partial charge in [-0.2, -0.15) is 5.10 Å². The van der Waals surface area contributed by atoms with Gasteiger partial charge in [0.25, 0.3) is 0 Å². The fourth-order valence-corrected chi connectivity index (χ4v) is 2.42. The number of nitrogens with zero attached hydrogens (tertiary/aromatic N) is 2. The molecule has 0 bridgehead atoms. The lowest BCUT2D eigenvalue weighted by atomic mass is 9.82. The van der Waals surface area contributed by atoms with Crippen LogP contribution < -0.4 is 5.73 Å². The smallest absolute Gasteiger partial charge is 0.248 e. The van der Waals surface area contributed by atoms with E-state index in [9.17, 15) is 4.79 Å². The van der Waals surface area contributed by atoms with Gasteiger partial charge in [-0.15, -0.1) is 0 Å². The molecule has 1 aromatic carbocycles. The number of rotatable bonds is 5. The van der Waals surface area contributed by atoms with Gasteiger partial charge in [0.15, 0.2) is 0 Å². The molecule has 1 amide bonds. The molecule has 2 rings (SSSR count). The average molecular weight is 289 g/mol. The van der Waals surface area contributed by atoms with Gasteiger partial charge in [-0.05, 0) is 24.1 Å². The Hall–Kier alpha value is -1.88. The highest BCUT2D eigenvalue weighted by molar-refractivity contribution is 6.05. The molecule has 1 heterocycles. The number of nitrogen functional groups attached to an aromatic ring is 1. The average Bonchev–Trinajstić information content (AvgIpc) is 2.44. The fraction of sp³-hybridized carbons (Fsp3) is 0.500. The van der Waals surface area contributed by atoms with Crippen molar-refractivity contribution >= 4 is 17.3 Å². The first-order valence-corrected chi connectivity index (χ1v) is 7.18. The SMILES string of the molecule is COCCCN1N=C(c2ccc(N)cc2)CC(C)(C)C1=O. The van der Waals surface area contributed by atoms with Crippen LogP contribution in [0.25, 0.3) is 0 Å². The third-order valence-electron chi connectivity index (χ3n) is 3.63. The van der Waals surface area contributed by atoms with Crippen LogP contribution in [0.15, 0.2) is 29.4 Å². The van der Waals surface area contributed by atoms with E-state index >= 15 is 0 Å². The van der Waals surface area contributed by atoms with Crippen LogP contribution in [0.3, 0.4) is 0 Å². The lowest BCUT2D eigenvalue weighted by molar-refractivity contribution is -0.141. The third-order valence-corrected chi connectivity index (χ3v) is 3.63. The maximum absolute atomic E-state index is 12.4. The first-order chi connectivity index (χ1) is 9.94. The van der Waals surface area contributed by atoms with Gasteiger partial charge in [-0.25, -0.2) is 5.01 Å². The second-order valence-corrected chi connectivity index (χ2v) is 6.00. The molecule has 0 saturated heterocycles. The molecule has 1 aromatic rings. The summed E-state index contributed by atoms with van der Waals surface area (Å²) in [6.45, 7) is 5.13. The van der Waals surface area contributed by atoms with E-state index in [2.05, 4.69) is 5.10 Å². The summed E-state index contributed by atoms with van der Waals surface area (Å²) in [5, 5.41) is 6.11. The first-order valence-electron chi connectivity index (χ1n) is 7.18. The zero-order valence-electron chi connectivity index (χ0n) is 12.9. The molecule has 0 radical (unpaired) electrons. The van der Waals surface area contributed by atoms with Crippen molar-refractivity contribution in [1.29, 1.82) is 0 Å². The molecule has 2 N–H and O–H groups in total. The molecule has 0 spiro atoms. The van der Waals surface area contributed by atoms with Gasteiger partial charge in [-0.1, -0.05) is 26.0 Å².